The van der Waals surface area contributed by atoms with Gasteiger partial charge in [0.05, 0.1) is 0 Å². The van der Waals surface area contributed by atoms with E-state index in [1.54, 1.807) is 0 Å². The van der Waals surface area contributed by atoms with Crippen LogP contribution in [0.25, 0.3) is 0 Å². The monoisotopic (exact) mass is 272 g/mol. The molecule has 3 rings (SSSR count). The predicted octanol–water partition coefficient (Wildman–Crippen LogP) is 4.67. The number of hydrogen-bond acceptors (Lipinski definition) is 2. The van der Waals surface area contributed by atoms with Gasteiger partial charge in [-0.15, -0.1) is 23.5 Å². The lowest BCUT2D eigenvalue weighted by atomic mass is 10.2. The summed E-state index contributed by atoms with van der Waals surface area (Å²) < 4.78 is 0. The topological polar surface area (TPSA) is 0 Å². The Morgan fingerprint density at radius 3 is 1.56 bits per heavy atom. The van der Waals surface area contributed by atoms with Crippen molar-refractivity contribution in [3.63, 3.8) is 0 Å². The molecular weight excluding hydrogens is 256 g/mol. The average molecular weight is 272 g/mol. The molecule has 0 atom stereocenters. The average Bonchev–Trinajstić information content (AvgIpc) is 2.43. The SMILES string of the molecule is c1ccc2c(c1)CCSc1ccccc1CCS2. The van der Waals surface area contributed by atoms with Crippen molar-refractivity contribution in [3.05, 3.63) is 59.7 Å². The molecule has 0 aromatic heterocycles. The lowest BCUT2D eigenvalue weighted by Gasteiger charge is -2.14. The van der Waals surface area contributed by atoms with E-state index in [1.807, 2.05) is 23.5 Å². The fourth-order valence-electron chi connectivity index (χ4n) is 2.24. The highest BCUT2D eigenvalue weighted by molar-refractivity contribution is 7.99. The molecule has 0 bridgehead atoms. The van der Waals surface area contributed by atoms with Gasteiger partial charge < -0.3 is 0 Å². The van der Waals surface area contributed by atoms with E-state index in [4.69, 9.17) is 0 Å². The maximum absolute atomic E-state index is 2.27. The van der Waals surface area contributed by atoms with Crippen molar-refractivity contribution >= 4 is 23.5 Å². The molecule has 0 unspecified atom stereocenters. The van der Waals surface area contributed by atoms with Crippen LogP contribution in [0.2, 0.25) is 0 Å². The van der Waals surface area contributed by atoms with Gasteiger partial charge in [-0.1, -0.05) is 36.4 Å². The molecule has 0 saturated carbocycles. The summed E-state index contributed by atoms with van der Waals surface area (Å²) in [6.45, 7) is 0. The molecule has 1 heterocycles. The molecule has 92 valence electrons. The zero-order valence-electron chi connectivity index (χ0n) is 10.3. The Balaban J connectivity index is 1.85. The summed E-state index contributed by atoms with van der Waals surface area (Å²) in [6.07, 6.45) is 2.34. The number of thioether (sulfide) groups is 2. The lowest BCUT2D eigenvalue weighted by molar-refractivity contribution is 1.05. The normalized spacial score (nSPS) is 15.6. The smallest absolute Gasteiger partial charge is 0.0104 e. The summed E-state index contributed by atoms with van der Waals surface area (Å²) in [4.78, 5) is 2.94. The second kappa shape index (κ2) is 5.85. The summed E-state index contributed by atoms with van der Waals surface area (Å²) >= 11 is 4.00. The van der Waals surface area contributed by atoms with Crippen LogP contribution in [0.5, 0.6) is 0 Å². The van der Waals surface area contributed by atoms with Crippen LogP contribution < -0.4 is 0 Å². The molecular formula is C16H16S2. The number of benzene rings is 2. The first kappa shape index (κ1) is 12.2. The van der Waals surface area contributed by atoms with E-state index >= 15 is 0 Å². The maximum Gasteiger partial charge on any atom is 0.0104 e. The number of rotatable bonds is 0. The van der Waals surface area contributed by atoms with Crippen LogP contribution in [0.4, 0.5) is 0 Å². The van der Waals surface area contributed by atoms with Crippen LogP contribution in [-0.4, -0.2) is 11.5 Å². The summed E-state index contributed by atoms with van der Waals surface area (Å²) in [6, 6.07) is 17.7. The molecule has 1 aliphatic heterocycles. The Kier molecular flexibility index (Phi) is 3.96. The third kappa shape index (κ3) is 2.76. The molecule has 0 nitrogen and oxygen atoms in total. The third-order valence-corrected chi connectivity index (χ3v) is 5.44. The predicted molar refractivity (Wildman–Crippen MR) is 81.7 cm³/mol. The van der Waals surface area contributed by atoms with E-state index in [0.717, 1.165) is 0 Å². The quantitative estimate of drug-likeness (QED) is 0.683. The van der Waals surface area contributed by atoms with Crippen molar-refractivity contribution in [1.82, 2.24) is 0 Å². The third-order valence-electron chi connectivity index (χ3n) is 3.20. The largest absolute Gasteiger partial charge is 0.126 e. The minimum atomic E-state index is 1.17. The van der Waals surface area contributed by atoms with Gasteiger partial charge in [0.2, 0.25) is 0 Å². The standard InChI is InChI=1S/C16H16S2/c1-3-7-15-13(5-1)9-11-18-16-8-4-2-6-14(16)10-12-17-15/h1-8H,9-12H2. The molecule has 0 spiro atoms. The second-order valence-corrected chi connectivity index (χ2v) is 6.69. The van der Waals surface area contributed by atoms with Crippen LogP contribution in [-0.2, 0) is 12.8 Å². The van der Waals surface area contributed by atoms with Crippen molar-refractivity contribution in [3.8, 4) is 0 Å². The first-order chi connectivity index (χ1) is 8.93. The van der Waals surface area contributed by atoms with Crippen LogP contribution in [0.3, 0.4) is 0 Å². The van der Waals surface area contributed by atoms with Crippen LogP contribution >= 0.6 is 23.5 Å². The van der Waals surface area contributed by atoms with Gasteiger partial charge in [-0.2, -0.15) is 0 Å². The number of aryl methyl sites for hydroxylation is 2. The Hall–Kier alpha value is -0.860. The van der Waals surface area contributed by atoms with Crippen LogP contribution in [0.15, 0.2) is 58.3 Å². The Morgan fingerprint density at radius 1 is 0.611 bits per heavy atom. The molecule has 0 aliphatic carbocycles. The van der Waals surface area contributed by atoms with Crippen molar-refractivity contribution in [2.75, 3.05) is 11.5 Å². The van der Waals surface area contributed by atoms with Gasteiger partial charge in [-0.05, 0) is 36.1 Å². The van der Waals surface area contributed by atoms with Gasteiger partial charge in [0, 0.05) is 21.3 Å². The highest BCUT2D eigenvalue weighted by Gasteiger charge is 2.08. The fourth-order valence-corrected chi connectivity index (χ4v) is 4.39. The highest BCUT2D eigenvalue weighted by atomic mass is 32.2. The molecule has 0 saturated heterocycles. The Morgan fingerprint density at radius 2 is 1.06 bits per heavy atom. The summed E-state index contributed by atoms with van der Waals surface area (Å²) in [5.41, 5.74) is 3.02. The van der Waals surface area contributed by atoms with E-state index < -0.39 is 0 Å². The second-order valence-electron chi connectivity index (χ2n) is 4.41. The van der Waals surface area contributed by atoms with Crippen molar-refractivity contribution in [2.45, 2.75) is 22.6 Å². The molecule has 2 heteroatoms. The Bertz CT molecular complexity index is 439. The molecule has 0 amide bonds. The van der Waals surface area contributed by atoms with Gasteiger partial charge in [-0.25, -0.2) is 0 Å². The Labute approximate surface area is 117 Å². The van der Waals surface area contributed by atoms with E-state index in [9.17, 15) is 0 Å². The zero-order chi connectivity index (χ0) is 12.2. The van der Waals surface area contributed by atoms with Crippen LogP contribution in [0, 0.1) is 0 Å². The summed E-state index contributed by atoms with van der Waals surface area (Å²) in [5, 5.41) is 0. The van der Waals surface area contributed by atoms with E-state index in [1.165, 1.54) is 45.3 Å². The summed E-state index contributed by atoms with van der Waals surface area (Å²) in [7, 11) is 0. The number of fused-ring (bicyclic) bond motifs is 2. The lowest BCUT2D eigenvalue weighted by Crippen LogP contribution is -1.98. The van der Waals surface area contributed by atoms with Gasteiger partial charge in [0.15, 0.2) is 0 Å². The number of hydrogen-bond donors (Lipinski definition) is 0. The molecule has 0 fully saturated rings. The molecule has 1 aliphatic rings. The van der Waals surface area contributed by atoms with Crippen LogP contribution in [0.1, 0.15) is 11.1 Å². The van der Waals surface area contributed by atoms with Gasteiger partial charge in [0.25, 0.3) is 0 Å². The zero-order valence-corrected chi connectivity index (χ0v) is 11.9. The highest BCUT2D eigenvalue weighted by Crippen LogP contribution is 2.30. The maximum atomic E-state index is 2.27. The van der Waals surface area contributed by atoms with E-state index in [0.29, 0.717) is 0 Å². The van der Waals surface area contributed by atoms with E-state index in [-0.39, 0.29) is 0 Å². The van der Waals surface area contributed by atoms with Gasteiger partial charge in [-0.3, -0.25) is 0 Å². The van der Waals surface area contributed by atoms with E-state index in [2.05, 4.69) is 48.5 Å². The van der Waals surface area contributed by atoms with Gasteiger partial charge >= 0.3 is 0 Å². The molecule has 2 aromatic rings. The molecule has 0 N–H and O–H groups in total. The first-order valence-corrected chi connectivity index (χ1v) is 8.32. The van der Waals surface area contributed by atoms with Crippen molar-refractivity contribution in [2.24, 2.45) is 0 Å². The van der Waals surface area contributed by atoms with Crippen molar-refractivity contribution in [1.29, 1.82) is 0 Å². The fraction of sp³-hybridized carbons (Fsp3) is 0.250. The molecule has 2 aromatic carbocycles. The minimum absolute atomic E-state index is 1.17. The molecule has 18 heavy (non-hydrogen) atoms. The first-order valence-electron chi connectivity index (χ1n) is 6.35. The summed E-state index contributed by atoms with van der Waals surface area (Å²) in [5.74, 6) is 2.35. The van der Waals surface area contributed by atoms with Crippen molar-refractivity contribution < 1.29 is 0 Å². The van der Waals surface area contributed by atoms with Gasteiger partial charge in [0.1, 0.15) is 0 Å². The molecule has 0 radical (unpaired) electrons. The minimum Gasteiger partial charge on any atom is -0.126 e.